The molecular formula is C22H29N3O2. The number of morpholine rings is 1. The van der Waals surface area contributed by atoms with Crippen molar-refractivity contribution in [3.8, 4) is 0 Å². The molecule has 5 nitrogen and oxygen atoms in total. The van der Waals surface area contributed by atoms with Gasteiger partial charge in [-0.2, -0.15) is 0 Å². The van der Waals surface area contributed by atoms with Crippen LogP contribution in [0.1, 0.15) is 16.7 Å². The highest BCUT2D eigenvalue weighted by molar-refractivity contribution is 5.95. The second kappa shape index (κ2) is 9.02. The van der Waals surface area contributed by atoms with Gasteiger partial charge in [0.2, 0.25) is 5.91 Å². The van der Waals surface area contributed by atoms with E-state index in [9.17, 15) is 4.79 Å². The molecule has 27 heavy (non-hydrogen) atoms. The number of benzene rings is 2. The minimum atomic E-state index is 0.00275. The molecule has 5 heteroatoms. The summed E-state index contributed by atoms with van der Waals surface area (Å²) in [6, 6.07) is 14.4. The Kier molecular flexibility index (Phi) is 6.48. The van der Waals surface area contributed by atoms with E-state index in [0.29, 0.717) is 6.54 Å². The molecule has 3 rings (SSSR count). The highest BCUT2D eigenvalue weighted by Gasteiger charge is 2.16. The first-order chi connectivity index (χ1) is 13.0. The predicted octanol–water partition coefficient (Wildman–Crippen LogP) is 3.21. The van der Waals surface area contributed by atoms with Gasteiger partial charge in [-0.25, -0.2) is 0 Å². The van der Waals surface area contributed by atoms with Gasteiger partial charge < -0.3 is 15.0 Å². The van der Waals surface area contributed by atoms with Crippen molar-refractivity contribution >= 4 is 17.3 Å². The zero-order valence-electron chi connectivity index (χ0n) is 16.5. The van der Waals surface area contributed by atoms with Crippen LogP contribution in [0.15, 0.2) is 42.5 Å². The van der Waals surface area contributed by atoms with Crippen LogP contribution in [0, 0.1) is 13.8 Å². The molecule has 1 heterocycles. The molecule has 0 atom stereocenters. The summed E-state index contributed by atoms with van der Waals surface area (Å²) in [6.45, 7) is 8.46. The molecule has 0 aromatic heterocycles. The minimum absolute atomic E-state index is 0.00275. The van der Waals surface area contributed by atoms with Gasteiger partial charge in [0.05, 0.1) is 31.1 Å². The molecule has 1 N–H and O–H groups in total. The largest absolute Gasteiger partial charge is 0.378 e. The number of likely N-dealkylation sites (N-methyl/N-ethyl adjacent to an activating group) is 1. The van der Waals surface area contributed by atoms with Crippen LogP contribution in [-0.2, 0) is 16.1 Å². The summed E-state index contributed by atoms with van der Waals surface area (Å²) >= 11 is 0. The third kappa shape index (κ3) is 5.31. The molecular weight excluding hydrogens is 338 g/mol. The molecule has 0 spiro atoms. The van der Waals surface area contributed by atoms with Gasteiger partial charge in [0.1, 0.15) is 0 Å². The number of carbonyl (C=O) groups is 1. The summed E-state index contributed by atoms with van der Waals surface area (Å²) in [5.41, 5.74) is 5.71. The maximum Gasteiger partial charge on any atom is 0.238 e. The second-order valence-electron chi connectivity index (χ2n) is 7.27. The Morgan fingerprint density at radius 3 is 2.63 bits per heavy atom. The van der Waals surface area contributed by atoms with Crippen LogP contribution < -0.4 is 10.2 Å². The first kappa shape index (κ1) is 19.4. The fraction of sp³-hybridized carbons (Fsp3) is 0.409. The molecule has 1 fully saturated rings. The Balaban J connectivity index is 1.60. The molecule has 1 amide bonds. The van der Waals surface area contributed by atoms with E-state index >= 15 is 0 Å². The lowest BCUT2D eigenvalue weighted by molar-refractivity contribution is -0.117. The molecule has 1 aliphatic heterocycles. The maximum absolute atomic E-state index is 12.6. The van der Waals surface area contributed by atoms with Crippen molar-refractivity contribution in [3.05, 3.63) is 59.2 Å². The summed E-state index contributed by atoms with van der Waals surface area (Å²) in [5.74, 6) is 0.00275. The molecule has 0 bridgehead atoms. The Morgan fingerprint density at radius 2 is 1.89 bits per heavy atom. The first-order valence-electron chi connectivity index (χ1n) is 9.49. The van der Waals surface area contributed by atoms with E-state index in [1.54, 1.807) is 0 Å². The minimum Gasteiger partial charge on any atom is -0.378 e. The van der Waals surface area contributed by atoms with Gasteiger partial charge in [0, 0.05) is 19.6 Å². The second-order valence-corrected chi connectivity index (χ2v) is 7.27. The van der Waals surface area contributed by atoms with Gasteiger partial charge in [0.15, 0.2) is 0 Å². The van der Waals surface area contributed by atoms with E-state index in [0.717, 1.165) is 44.2 Å². The lowest BCUT2D eigenvalue weighted by Crippen LogP contribution is -2.37. The number of hydrogen-bond donors (Lipinski definition) is 1. The third-order valence-corrected chi connectivity index (χ3v) is 4.88. The van der Waals surface area contributed by atoms with E-state index < -0.39 is 0 Å². The van der Waals surface area contributed by atoms with E-state index in [1.165, 1.54) is 16.7 Å². The molecule has 144 valence electrons. The standard InChI is InChI=1S/C22H29N3O2/c1-17-8-9-19(18(2)14-17)15-24(3)16-22(26)23-20-6-4-5-7-21(20)25-10-12-27-13-11-25/h4-9,14H,10-13,15-16H2,1-3H3,(H,23,26). The molecule has 0 saturated carbocycles. The number of amides is 1. The smallest absolute Gasteiger partial charge is 0.238 e. The number of aryl methyl sites for hydroxylation is 2. The quantitative estimate of drug-likeness (QED) is 0.852. The molecule has 2 aromatic carbocycles. The summed E-state index contributed by atoms with van der Waals surface area (Å²) in [7, 11) is 1.98. The van der Waals surface area contributed by atoms with Crippen molar-refractivity contribution in [2.45, 2.75) is 20.4 Å². The van der Waals surface area contributed by atoms with Gasteiger partial charge in [-0.3, -0.25) is 9.69 Å². The Hall–Kier alpha value is -2.37. The van der Waals surface area contributed by atoms with Crippen molar-refractivity contribution in [2.24, 2.45) is 0 Å². The zero-order valence-corrected chi connectivity index (χ0v) is 16.5. The highest BCUT2D eigenvalue weighted by Crippen LogP contribution is 2.26. The molecule has 2 aromatic rings. The first-order valence-corrected chi connectivity index (χ1v) is 9.49. The van der Waals surface area contributed by atoms with Crippen molar-refractivity contribution < 1.29 is 9.53 Å². The van der Waals surface area contributed by atoms with E-state index in [2.05, 4.69) is 48.3 Å². The summed E-state index contributed by atoms with van der Waals surface area (Å²) in [5, 5.41) is 3.09. The monoisotopic (exact) mass is 367 g/mol. The number of anilines is 2. The predicted molar refractivity (Wildman–Crippen MR) is 110 cm³/mol. The Labute approximate surface area is 161 Å². The number of carbonyl (C=O) groups excluding carboxylic acids is 1. The van der Waals surface area contributed by atoms with Crippen molar-refractivity contribution in [2.75, 3.05) is 50.1 Å². The summed E-state index contributed by atoms with van der Waals surface area (Å²) in [4.78, 5) is 16.9. The SMILES string of the molecule is Cc1ccc(CN(C)CC(=O)Nc2ccccc2N2CCOCC2)c(C)c1. The normalized spacial score (nSPS) is 14.4. The summed E-state index contributed by atoms with van der Waals surface area (Å²) in [6.07, 6.45) is 0. The van der Waals surface area contributed by atoms with Crippen molar-refractivity contribution in [3.63, 3.8) is 0 Å². The van der Waals surface area contributed by atoms with Gasteiger partial charge in [-0.1, -0.05) is 35.9 Å². The van der Waals surface area contributed by atoms with E-state index in [1.807, 2.05) is 30.1 Å². The van der Waals surface area contributed by atoms with Crippen LogP contribution in [0.4, 0.5) is 11.4 Å². The van der Waals surface area contributed by atoms with Gasteiger partial charge >= 0.3 is 0 Å². The van der Waals surface area contributed by atoms with Crippen molar-refractivity contribution in [1.29, 1.82) is 0 Å². The van der Waals surface area contributed by atoms with E-state index in [4.69, 9.17) is 4.74 Å². The van der Waals surface area contributed by atoms with Gasteiger partial charge in [0.25, 0.3) is 0 Å². The van der Waals surface area contributed by atoms with Crippen LogP contribution in [0.25, 0.3) is 0 Å². The van der Waals surface area contributed by atoms with Crippen molar-refractivity contribution in [1.82, 2.24) is 4.90 Å². The fourth-order valence-corrected chi connectivity index (χ4v) is 3.46. The average molecular weight is 367 g/mol. The van der Waals surface area contributed by atoms with Crippen LogP contribution in [0.3, 0.4) is 0 Å². The average Bonchev–Trinajstić information content (AvgIpc) is 2.65. The van der Waals surface area contributed by atoms with Crippen LogP contribution in [0.5, 0.6) is 0 Å². The number of hydrogen-bond acceptors (Lipinski definition) is 4. The van der Waals surface area contributed by atoms with Crippen LogP contribution in [0.2, 0.25) is 0 Å². The van der Waals surface area contributed by atoms with Gasteiger partial charge in [-0.15, -0.1) is 0 Å². The lowest BCUT2D eigenvalue weighted by Gasteiger charge is -2.30. The van der Waals surface area contributed by atoms with Gasteiger partial charge in [-0.05, 0) is 44.2 Å². The topological polar surface area (TPSA) is 44.8 Å². The Morgan fingerprint density at radius 1 is 1.15 bits per heavy atom. The number of ether oxygens (including phenoxy) is 1. The lowest BCUT2D eigenvalue weighted by atomic mass is 10.1. The van der Waals surface area contributed by atoms with Crippen LogP contribution >= 0.6 is 0 Å². The highest BCUT2D eigenvalue weighted by atomic mass is 16.5. The van der Waals surface area contributed by atoms with Crippen LogP contribution in [-0.4, -0.2) is 50.7 Å². The number of nitrogens with zero attached hydrogens (tertiary/aromatic N) is 2. The maximum atomic E-state index is 12.6. The van der Waals surface area contributed by atoms with E-state index in [-0.39, 0.29) is 5.91 Å². The molecule has 0 radical (unpaired) electrons. The number of nitrogens with one attached hydrogen (secondary N) is 1. The Bertz CT molecular complexity index is 785. The zero-order chi connectivity index (χ0) is 19.2. The molecule has 0 unspecified atom stereocenters. The molecule has 1 aliphatic rings. The summed E-state index contributed by atoms with van der Waals surface area (Å²) < 4.78 is 5.43. The fourth-order valence-electron chi connectivity index (χ4n) is 3.46. The molecule has 0 aliphatic carbocycles. The molecule has 1 saturated heterocycles. The third-order valence-electron chi connectivity index (χ3n) is 4.88. The number of para-hydroxylation sites is 2. The number of rotatable bonds is 6.